The maximum Gasteiger partial charge on any atom is 0.309 e. The molecule has 0 heterocycles. The predicted molar refractivity (Wildman–Crippen MR) is 69.5 cm³/mol. The predicted octanol–water partition coefficient (Wildman–Crippen LogP) is 3.03. The zero-order valence-electron chi connectivity index (χ0n) is 9.44. The van der Waals surface area contributed by atoms with Gasteiger partial charge in [-0.15, -0.1) is 0 Å². The lowest BCUT2D eigenvalue weighted by Crippen LogP contribution is -1.96. The van der Waals surface area contributed by atoms with Crippen molar-refractivity contribution >= 4 is 28.0 Å². The zero-order chi connectivity index (χ0) is 12.7. The molecule has 0 aliphatic heterocycles. The number of carbonyl (C=O) groups is 1. The van der Waals surface area contributed by atoms with E-state index in [-0.39, 0.29) is 12.4 Å². The van der Waals surface area contributed by atoms with E-state index in [1.807, 2.05) is 12.1 Å². The van der Waals surface area contributed by atoms with Crippen molar-refractivity contribution in [1.82, 2.24) is 0 Å². The third-order valence-electron chi connectivity index (χ3n) is 2.23. The Kier molecular flexibility index (Phi) is 5.44. The second kappa shape index (κ2) is 6.87. The van der Waals surface area contributed by atoms with Crippen molar-refractivity contribution in [2.45, 2.75) is 11.8 Å². The molecule has 4 heteroatoms. The summed E-state index contributed by atoms with van der Waals surface area (Å²) in [6.07, 6.45) is 3.79. The van der Waals surface area contributed by atoms with E-state index in [1.165, 1.54) is 7.11 Å². The third-order valence-corrected chi connectivity index (χ3v) is 2.83. The minimum Gasteiger partial charge on any atom is -0.469 e. The number of hydrogen-bond acceptors (Lipinski definition) is 3. The van der Waals surface area contributed by atoms with Crippen molar-refractivity contribution in [2.75, 3.05) is 7.11 Å². The van der Waals surface area contributed by atoms with Gasteiger partial charge in [-0.25, -0.2) is 0 Å². The van der Waals surface area contributed by atoms with Gasteiger partial charge < -0.3 is 4.74 Å². The van der Waals surface area contributed by atoms with Gasteiger partial charge in [0.15, 0.2) is 0 Å². The van der Waals surface area contributed by atoms with Crippen molar-refractivity contribution in [1.29, 1.82) is 5.26 Å². The van der Waals surface area contributed by atoms with Crippen LogP contribution in [0.3, 0.4) is 0 Å². The molecule has 0 saturated heterocycles. The summed E-state index contributed by atoms with van der Waals surface area (Å²) in [5.74, 6) is -0.280. The van der Waals surface area contributed by atoms with Crippen LogP contribution in [0.5, 0.6) is 0 Å². The first-order valence-electron chi connectivity index (χ1n) is 5.03. The van der Waals surface area contributed by atoms with Crippen LogP contribution >= 0.6 is 15.9 Å². The second-order valence-electron chi connectivity index (χ2n) is 3.34. The molecular weight excluding hydrogens is 282 g/mol. The number of alkyl halides is 1. The van der Waals surface area contributed by atoms with E-state index < -0.39 is 0 Å². The molecule has 0 fully saturated rings. The Bertz CT molecular complexity index is 475. The molecule has 0 saturated carbocycles. The topological polar surface area (TPSA) is 50.1 Å². The molecule has 0 bridgehead atoms. The van der Waals surface area contributed by atoms with Gasteiger partial charge in [0.1, 0.15) is 0 Å². The zero-order valence-corrected chi connectivity index (χ0v) is 11.0. The molecule has 0 N–H and O–H groups in total. The number of hydrogen-bond donors (Lipinski definition) is 0. The van der Waals surface area contributed by atoms with Gasteiger partial charge in [0.05, 0.1) is 25.2 Å². The Morgan fingerprint density at radius 2 is 2.35 bits per heavy atom. The number of carbonyl (C=O) groups excluding carboxylic acids is 1. The fraction of sp³-hybridized carbons (Fsp3) is 0.231. The Hall–Kier alpha value is -1.60. The standard InChI is InChI=1S/C13H12BrNO2/c1-17-13(16)4-2-3-11-7-10(9-15)5-6-12(11)8-14/h2-3,5-7H,4,8H2,1H3. The van der Waals surface area contributed by atoms with Gasteiger partial charge >= 0.3 is 5.97 Å². The van der Waals surface area contributed by atoms with E-state index in [4.69, 9.17) is 5.26 Å². The van der Waals surface area contributed by atoms with Gasteiger partial charge in [0.25, 0.3) is 0 Å². The summed E-state index contributed by atoms with van der Waals surface area (Å²) >= 11 is 3.38. The van der Waals surface area contributed by atoms with Crippen LogP contribution in [0.25, 0.3) is 6.08 Å². The first-order valence-corrected chi connectivity index (χ1v) is 6.15. The molecule has 0 unspecified atom stereocenters. The van der Waals surface area contributed by atoms with Crippen molar-refractivity contribution in [2.24, 2.45) is 0 Å². The van der Waals surface area contributed by atoms with Gasteiger partial charge in [-0.3, -0.25) is 4.79 Å². The number of methoxy groups -OCH3 is 1. The first kappa shape index (κ1) is 13.5. The molecule has 1 aromatic carbocycles. The maximum atomic E-state index is 10.9. The molecular formula is C13H12BrNO2. The van der Waals surface area contributed by atoms with Gasteiger partial charge in [-0.05, 0) is 23.3 Å². The van der Waals surface area contributed by atoms with Crippen LogP contribution < -0.4 is 0 Å². The van der Waals surface area contributed by atoms with Crippen LogP contribution in [0.1, 0.15) is 23.1 Å². The van der Waals surface area contributed by atoms with E-state index in [1.54, 1.807) is 18.2 Å². The second-order valence-corrected chi connectivity index (χ2v) is 3.90. The highest BCUT2D eigenvalue weighted by Gasteiger charge is 2.01. The highest BCUT2D eigenvalue weighted by atomic mass is 79.9. The van der Waals surface area contributed by atoms with Crippen LogP contribution in [0.15, 0.2) is 24.3 Å². The number of esters is 1. The fourth-order valence-corrected chi connectivity index (χ4v) is 1.82. The number of nitrogens with zero attached hydrogens (tertiary/aromatic N) is 1. The molecule has 0 radical (unpaired) electrons. The molecule has 0 amide bonds. The highest BCUT2D eigenvalue weighted by Crippen LogP contribution is 2.16. The van der Waals surface area contributed by atoms with Crippen LogP contribution in [-0.4, -0.2) is 13.1 Å². The number of nitriles is 1. The summed E-state index contributed by atoms with van der Waals surface area (Å²) in [5.41, 5.74) is 2.61. The summed E-state index contributed by atoms with van der Waals surface area (Å²) < 4.78 is 4.54. The fourth-order valence-electron chi connectivity index (χ4n) is 1.31. The first-order chi connectivity index (χ1) is 8.21. The third kappa shape index (κ3) is 4.04. The minimum absolute atomic E-state index is 0.231. The summed E-state index contributed by atoms with van der Waals surface area (Å²) in [4.78, 5) is 10.9. The van der Waals surface area contributed by atoms with Crippen LogP contribution in [-0.2, 0) is 14.9 Å². The highest BCUT2D eigenvalue weighted by molar-refractivity contribution is 9.08. The lowest BCUT2D eigenvalue weighted by Gasteiger charge is -2.02. The van der Waals surface area contributed by atoms with Gasteiger partial charge in [0.2, 0.25) is 0 Å². The van der Waals surface area contributed by atoms with Crippen molar-refractivity contribution < 1.29 is 9.53 Å². The Balaban J connectivity index is 2.88. The Labute approximate surface area is 109 Å². The smallest absolute Gasteiger partial charge is 0.309 e. The summed E-state index contributed by atoms with van der Waals surface area (Å²) in [5, 5.41) is 9.52. The molecule has 88 valence electrons. The van der Waals surface area contributed by atoms with Crippen molar-refractivity contribution in [3.8, 4) is 6.07 Å². The molecule has 17 heavy (non-hydrogen) atoms. The largest absolute Gasteiger partial charge is 0.469 e. The Morgan fingerprint density at radius 3 is 2.94 bits per heavy atom. The van der Waals surface area contributed by atoms with Gasteiger partial charge in [-0.2, -0.15) is 5.26 Å². The molecule has 0 spiro atoms. The quantitative estimate of drug-likeness (QED) is 0.633. The molecule has 0 atom stereocenters. The van der Waals surface area contributed by atoms with E-state index in [0.717, 1.165) is 11.1 Å². The monoisotopic (exact) mass is 293 g/mol. The van der Waals surface area contributed by atoms with E-state index in [2.05, 4.69) is 26.7 Å². The molecule has 0 aliphatic rings. The lowest BCUT2D eigenvalue weighted by atomic mass is 10.0. The number of halogens is 1. The number of rotatable bonds is 4. The molecule has 0 aromatic heterocycles. The van der Waals surface area contributed by atoms with Crippen molar-refractivity contribution in [3.63, 3.8) is 0 Å². The van der Waals surface area contributed by atoms with E-state index >= 15 is 0 Å². The minimum atomic E-state index is -0.280. The number of benzene rings is 1. The average molecular weight is 294 g/mol. The maximum absolute atomic E-state index is 10.9. The summed E-state index contributed by atoms with van der Waals surface area (Å²) in [6.45, 7) is 0. The molecule has 0 aliphatic carbocycles. The summed E-state index contributed by atoms with van der Waals surface area (Å²) in [6, 6.07) is 7.55. The Morgan fingerprint density at radius 1 is 1.59 bits per heavy atom. The summed E-state index contributed by atoms with van der Waals surface area (Å²) in [7, 11) is 1.36. The number of ether oxygens (including phenoxy) is 1. The van der Waals surface area contributed by atoms with E-state index in [9.17, 15) is 4.79 Å². The van der Waals surface area contributed by atoms with Gasteiger partial charge in [-0.1, -0.05) is 34.1 Å². The van der Waals surface area contributed by atoms with Gasteiger partial charge in [0, 0.05) is 5.33 Å². The lowest BCUT2D eigenvalue weighted by molar-refractivity contribution is -0.139. The molecule has 1 rings (SSSR count). The molecule has 1 aromatic rings. The van der Waals surface area contributed by atoms with Crippen molar-refractivity contribution in [3.05, 3.63) is 41.0 Å². The average Bonchev–Trinajstić information content (AvgIpc) is 2.38. The van der Waals surface area contributed by atoms with Crippen LogP contribution in [0.2, 0.25) is 0 Å². The van der Waals surface area contributed by atoms with E-state index in [0.29, 0.717) is 10.9 Å². The molecule has 3 nitrogen and oxygen atoms in total. The SMILES string of the molecule is COC(=O)CC=Cc1cc(C#N)ccc1CBr. The van der Waals surface area contributed by atoms with Crippen LogP contribution in [0, 0.1) is 11.3 Å². The van der Waals surface area contributed by atoms with Crippen LogP contribution in [0.4, 0.5) is 0 Å². The normalized spacial score (nSPS) is 10.2.